The van der Waals surface area contributed by atoms with E-state index >= 15 is 0 Å². The summed E-state index contributed by atoms with van der Waals surface area (Å²) in [5.74, 6) is 1.53. The first kappa shape index (κ1) is 19.2. The normalized spacial score (nSPS) is 14.8. The van der Waals surface area contributed by atoms with Gasteiger partial charge < -0.3 is 19.3 Å². The van der Waals surface area contributed by atoms with Gasteiger partial charge in [-0.25, -0.2) is 0 Å². The Bertz CT molecular complexity index is 695. The highest BCUT2D eigenvalue weighted by molar-refractivity contribution is 5.77. The van der Waals surface area contributed by atoms with Gasteiger partial charge in [0.15, 0.2) is 6.61 Å². The number of ether oxygens (including phenoxy) is 2. The highest BCUT2D eigenvalue weighted by atomic mass is 16.5. The van der Waals surface area contributed by atoms with Crippen molar-refractivity contribution in [2.24, 2.45) is 0 Å². The molecule has 1 saturated heterocycles. The number of carbonyl (C=O) groups is 1. The molecular formula is C22H29N2O3+. The molecule has 0 atom stereocenters. The fourth-order valence-electron chi connectivity index (χ4n) is 3.42. The van der Waals surface area contributed by atoms with Gasteiger partial charge in [-0.3, -0.25) is 4.79 Å². The van der Waals surface area contributed by atoms with Crippen LogP contribution in [-0.2, 0) is 11.2 Å². The molecule has 27 heavy (non-hydrogen) atoms. The second kappa shape index (κ2) is 9.97. The Morgan fingerprint density at radius 3 is 2.33 bits per heavy atom. The van der Waals surface area contributed by atoms with Crippen LogP contribution in [0, 0.1) is 0 Å². The Labute approximate surface area is 161 Å². The lowest BCUT2D eigenvalue weighted by Gasteiger charge is -2.32. The molecule has 2 aromatic rings. The van der Waals surface area contributed by atoms with E-state index in [-0.39, 0.29) is 12.5 Å². The summed E-state index contributed by atoms with van der Waals surface area (Å²) in [5, 5.41) is 0. The molecule has 5 nitrogen and oxygen atoms in total. The van der Waals surface area contributed by atoms with Gasteiger partial charge >= 0.3 is 0 Å². The number of methoxy groups -OCH3 is 1. The first-order chi connectivity index (χ1) is 13.2. The first-order valence-corrected chi connectivity index (χ1v) is 9.67. The Kier molecular flexibility index (Phi) is 7.11. The van der Waals surface area contributed by atoms with Crippen LogP contribution in [0.4, 0.5) is 0 Å². The quantitative estimate of drug-likeness (QED) is 0.766. The summed E-state index contributed by atoms with van der Waals surface area (Å²) in [6.07, 6.45) is 2.32. The number of benzene rings is 2. The molecule has 0 aliphatic carbocycles. The molecule has 0 bridgehead atoms. The van der Waals surface area contributed by atoms with E-state index in [1.165, 1.54) is 18.5 Å². The van der Waals surface area contributed by atoms with Crippen LogP contribution in [0.2, 0.25) is 0 Å². The zero-order valence-electron chi connectivity index (χ0n) is 16.0. The van der Waals surface area contributed by atoms with Crippen LogP contribution in [0.25, 0.3) is 0 Å². The summed E-state index contributed by atoms with van der Waals surface area (Å²) >= 11 is 0. The van der Waals surface area contributed by atoms with Crippen molar-refractivity contribution in [1.82, 2.24) is 4.90 Å². The lowest BCUT2D eigenvalue weighted by molar-refractivity contribution is -0.904. The van der Waals surface area contributed by atoms with Gasteiger partial charge in [-0.1, -0.05) is 30.3 Å². The number of hydrogen-bond acceptors (Lipinski definition) is 3. The van der Waals surface area contributed by atoms with Crippen LogP contribution in [0.5, 0.6) is 11.5 Å². The Hall–Kier alpha value is -2.53. The number of nitrogens with one attached hydrogen (secondary N) is 1. The van der Waals surface area contributed by atoms with Gasteiger partial charge in [0.25, 0.3) is 5.91 Å². The molecule has 1 fully saturated rings. The van der Waals surface area contributed by atoms with E-state index in [0.717, 1.165) is 38.3 Å². The number of piperazine rings is 1. The third-order valence-electron chi connectivity index (χ3n) is 5.08. The van der Waals surface area contributed by atoms with Crippen molar-refractivity contribution in [2.45, 2.75) is 12.8 Å². The van der Waals surface area contributed by atoms with Crippen LogP contribution < -0.4 is 14.4 Å². The zero-order valence-corrected chi connectivity index (χ0v) is 16.0. The van der Waals surface area contributed by atoms with Crippen molar-refractivity contribution in [2.75, 3.05) is 46.4 Å². The standard InChI is InChI=1S/C22H28N2O3/c1-26-20-9-11-21(12-10-20)27-18-22(25)24-16-14-23(15-17-24)13-5-8-19-6-3-2-4-7-19/h2-4,6-7,9-12H,5,8,13-18H2,1H3/p+1. The van der Waals surface area contributed by atoms with Gasteiger partial charge in [-0.15, -0.1) is 0 Å². The fourth-order valence-corrected chi connectivity index (χ4v) is 3.42. The van der Waals surface area contributed by atoms with E-state index in [4.69, 9.17) is 9.47 Å². The summed E-state index contributed by atoms with van der Waals surface area (Å²) in [6.45, 7) is 4.91. The molecule has 0 spiro atoms. The molecule has 0 radical (unpaired) electrons. The maximum Gasteiger partial charge on any atom is 0.260 e. The second-order valence-electron chi connectivity index (χ2n) is 6.93. The van der Waals surface area contributed by atoms with Crippen LogP contribution in [0.3, 0.4) is 0 Å². The van der Waals surface area contributed by atoms with E-state index in [1.807, 2.05) is 29.2 Å². The molecule has 0 unspecified atom stereocenters. The average molecular weight is 369 g/mol. The van der Waals surface area contributed by atoms with Crippen molar-refractivity contribution in [3.63, 3.8) is 0 Å². The monoisotopic (exact) mass is 369 g/mol. The van der Waals surface area contributed by atoms with Crippen molar-refractivity contribution in [1.29, 1.82) is 0 Å². The Morgan fingerprint density at radius 1 is 1.00 bits per heavy atom. The zero-order chi connectivity index (χ0) is 18.9. The number of aryl methyl sites for hydroxylation is 1. The first-order valence-electron chi connectivity index (χ1n) is 9.67. The fraction of sp³-hybridized carbons (Fsp3) is 0.409. The van der Waals surface area contributed by atoms with Crippen molar-refractivity contribution < 1.29 is 19.2 Å². The van der Waals surface area contributed by atoms with Gasteiger partial charge in [0.2, 0.25) is 0 Å². The van der Waals surface area contributed by atoms with Crippen LogP contribution in [0.15, 0.2) is 54.6 Å². The smallest absolute Gasteiger partial charge is 0.260 e. The molecule has 1 heterocycles. The highest BCUT2D eigenvalue weighted by Crippen LogP contribution is 2.16. The Balaban J connectivity index is 1.33. The molecule has 0 saturated carbocycles. The van der Waals surface area contributed by atoms with E-state index < -0.39 is 0 Å². The van der Waals surface area contributed by atoms with Crippen LogP contribution in [-0.4, -0.2) is 57.2 Å². The largest absolute Gasteiger partial charge is 0.497 e. The molecule has 1 N–H and O–H groups in total. The molecule has 5 heteroatoms. The SMILES string of the molecule is COc1ccc(OCC(=O)N2CC[NH+](CCCc3ccccc3)CC2)cc1. The number of amides is 1. The van der Waals surface area contributed by atoms with Crippen molar-refractivity contribution in [3.05, 3.63) is 60.2 Å². The third kappa shape index (κ3) is 6.00. The molecule has 144 valence electrons. The van der Waals surface area contributed by atoms with E-state index in [1.54, 1.807) is 12.0 Å². The number of nitrogens with zero attached hydrogens (tertiary/aromatic N) is 1. The average Bonchev–Trinajstić information content (AvgIpc) is 2.73. The molecule has 2 aromatic carbocycles. The van der Waals surface area contributed by atoms with E-state index in [9.17, 15) is 4.79 Å². The molecular weight excluding hydrogens is 340 g/mol. The van der Waals surface area contributed by atoms with Crippen LogP contribution >= 0.6 is 0 Å². The molecule has 0 aromatic heterocycles. The maximum atomic E-state index is 12.4. The highest BCUT2D eigenvalue weighted by Gasteiger charge is 2.23. The summed E-state index contributed by atoms with van der Waals surface area (Å²) in [6, 6.07) is 17.9. The van der Waals surface area contributed by atoms with Gasteiger partial charge in [-0.05, 0) is 36.2 Å². The summed E-state index contributed by atoms with van der Waals surface area (Å²) in [5.41, 5.74) is 1.40. The van der Waals surface area contributed by atoms with Gasteiger partial charge in [-0.2, -0.15) is 0 Å². The summed E-state index contributed by atoms with van der Waals surface area (Å²) < 4.78 is 10.7. The predicted molar refractivity (Wildman–Crippen MR) is 105 cm³/mol. The number of carbonyl (C=O) groups excluding carboxylic acids is 1. The minimum absolute atomic E-state index is 0.0640. The lowest BCUT2D eigenvalue weighted by atomic mass is 10.1. The summed E-state index contributed by atoms with van der Waals surface area (Å²) in [4.78, 5) is 15.9. The topological polar surface area (TPSA) is 43.2 Å². The minimum atomic E-state index is 0.0640. The molecule has 1 aliphatic rings. The number of quaternary nitrogens is 1. The molecule has 1 amide bonds. The second-order valence-corrected chi connectivity index (χ2v) is 6.93. The van der Waals surface area contributed by atoms with Gasteiger partial charge in [0.05, 0.1) is 39.8 Å². The summed E-state index contributed by atoms with van der Waals surface area (Å²) in [7, 11) is 1.63. The van der Waals surface area contributed by atoms with Gasteiger partial charge in [0, 0.05) is 6.42 Å². The predicted octanol–water partition coefficient (Wildman–Crippen LogP) is 1.43. The third-order valence-corrected chi connectivity index (χ3v) is 5.08. The van der Waals surface area contributed by atoms with E-state index in [0.29, 0.717) is 5.75 Å². The molecule has 3 rings (SSSR count). The molecule has 1 aliphatic heterocycles. The van der Waals surface area contributed by atoms with E-state index in [2.05, 4.69) is 30.3 Å². The minimum Gasteiger partial charge on any atom is -0.497 e. The van der Waals surface area contributed by atoms with Crippen molar-refractivity contribution in [3.8, 4) is 11.5 Å². The Morgan fingerprint density at radius 2 is 1.67 bits per heavy atom. The lowest BCUT2D eigenvalue weighted by Crippen LogP contribution is -3.14. The van der Waals surface area contributed by atoms with Crippen LogP contribution in [0.1, 0.15) is 12.0 Å². The van der Waals surface area contributed by atoms with Gasteiger partial charge in [0.1, 0.15) is 11.5 Å². The maximum absolute atomic E-state index is 12.4. The number of hydrogen-bond donors (Lipinski definition) is 1. The van der Waals surface area contributed by atoms with Crippen molar-refractivity contribution >= 4 is 5.91 Å². The number of rotatable bonds is 8.